The molecule has 0 aliphatic rings. The zero-order valence-electron chi connectivity index (χ0n) is 14.8. The van der Waals surface area contributed by atoms with Gasteiger partial charge in [-0.15, -0.1) is 11.3 Å². The second kappa shape index (κ2) is 7.60. The first-order chi connectivity index (χ1) is 13.2. The van der Waals surface area contributed by atoms with Crippen LogP contribution in [0.15, 0.2) is 72.1 Å². The van der Waals surface area contributed by atoms with Gasteiger partial charge in [-0.3, -0.25) is 4.79 Å². The van der Waals surface area contributed by atoms with Crippen molar-refractivity contribution in [2.24, 2.45) is 0 Å². The molecule has 0 saturated heterocycles. The van der Waals surface area contributed by atoms with Crippen LogP contribution in [0.4, 0.5) is 5.69 Å². The van der Waals surface area contributed by atoms with Gasteiger partial charge in [-0.25, -0.2) is 4.98 Å². The quantitative estimate of drug-likeness (QED) is 0.525. The number of ether oxygens (including phenoxy) is 1. The first-order valence-electron chi connectivity index (χ1n) is 8.59. The number of amides is 1. The molecule has 4 rings (SSSR count). The Balaban J connectivity index is 1.64. The Labute approximate surface area is 161 Å². The van der Waals surface area contributed by atoms with Crippen LogP contribution < -0.4 is 10.1 Å². The molecule has 2 heterocycles. The molecule has 0 saturated carbocycles. The molecule has 5 heteroatoms. The van der Waals surface area contributed by atoms with Gasteiger partial charge in [-0.2, -0.15) is 0 Å². The van der Waals surface area contributed by atoms with Crippen LogP contribution in [-0.2, 0) is 11.2 Å². The largest absolute Gasteiger partial charge is 0.496 e. The van der Waals surface area contributed by atoms with E-state index >= 15 is 0 Å². The normalized spacial score (nSPS) is 10.7. The van der Waals surface area contributed by atoms with Crippen molar-refractivity contribution in [3.63, 3.8) is 0 Å². The highest BCUT2D eigenvalue weighted by Crippen LogP contribution is 2.31. The Kier molecular flexibility index (Phi) is 4.85. The van der Waals surface area contributed by atoms with Crippen molar-refractivity contribution in [1.82, 2.24) is 4.98 Å². The number of fused-ring (bicyclic) bond motifs is 1. The molecule has 0 unspecified atom stereocenters. The summed E-state index contributed by atoms with van der Waals surface area (Å²) < 4.78 is 5.58. The van der Waals surface area contributed by atoms with Crippen LogP contribution in [0.3, 0.4) is 0 Å². The predicted octanol–water partition coefficient (Wildman–Crippen LogP) is 5.15. The maximum Gasteiger partial charge on any atom is 0.229 e. The third-order valence-electron chi connectivity index (χ3n) is 4.26. The van der Waals surface area contributed by atoms with Crippen LogP contribution in [0.1, 0.15) is 4.88 Å². The number of anilines is 1. The van der Waals surface area contributed by atoms with Gasteiger partial charge in [0.25, 0.3) is 0 Å². The maximum absolute atomic E-state index is 12.3. The summed E-state index contributed by atoms with van der Waals surface area (Å²) in [4.78, 5) is 18.0. The van der Waals surface area contributed by atoms with E-state index in [0.29, 0.717) is 6.42 Å². The van der Waals surface area contributed by atoms with E-state index in [0.717, 1.165) is 38.5 Å². The van der Waals surface area contributed by atoms with E-state index < -0.39 is 0 Å². The number of methoxy groups -OCH3 is 1. The Morgan fingerprint density at radius 2 is 1.93 bits per heavy atom. The highest BCUT2D eigenvalue weighted by molar-refractivity contribution is 7.10. The summed E-state index contributed by atoms with van der Waals surface area (Å²) in [6.07, 6.45) is 0.373. The van der Waals surface area contributed by atoms with Gasteiger partial charge in [-0.1, -0.05) is 36.4 Å². The van der Waals surface area contributed by atoms with Gasteiger partial charge in [0.1, 0.15) is 5.75 Å². The minimum atomic E-state index is -0.0374. The molecule has 0 aliphatic heterocycles. The maximum atomic E-state index is 12.3. The molecule has 0 aliphatic carbocycles. The molecule has 0 bridgehead atoms. The lowest BCUT2D eigenvalue weighted by molar-refractivity contribution is -0.115. The number of nitrogens with zero attached hydrogens (tertiary/aromatic N) is 1. The number of aromatic nitrogens is 1. The number of carbonyl (C=O) groups is 1. The number of hydrogen-bond donors (Lipinski definition) is 1. The van der Waals surface area contributed by atoms with Crippen LogP contribution in [0, 0.1) is 0 Å². The number of pyridine rings is 1. The first kappa shape index (κ1) is 17.2. The van der Waals surface area contributed by atoms with Crippen molar-refractivity contribution >= 4 is 33.8 Å². The third kappa shape index (κ3) is 3.83. The number of hydrogen-bond acceptors (Lipinski definition) is 4. The molecule has 4 nitrogen and oxygen atoms in total. The average Bonchev–Trinajstić information content (AvgIpc) is 3.20. The van der Waals surface area contributed by atoms with Crippen LogP contribution in [0.2, 0.25) is 0 Å². The molecule has 1 amide bonds. The molecular weight excluding hydrogens is 356 g/mol. The van der Waals surface area contributed by atoms with Gasteiger partial charge in [0.15, 0.2) is 0 Å². The summed E-state index contributed by atoms with van der Waals surface area (Å²) in [5, 5.41) is 5.79. The van der Waals surface area contributed by atoms with E-state index in [2.05, 4.69) is 5.32 Å². The molecule has 0 radical (unpaired) electrons. The molecule has 2 aromatic heterocycles. The van der Waals surface area contributed by atoms with Gasteiger partial charge >= 0.3 is 0 Å². The summed E-state index contributed by atoms with van der Waals surface area (Å²) in [5.74, 6) is 0.692. The minimum absolute atomic E-state index is 0.0374. The van der Waals surface area contributed by atoms with Crippen molar-refractivity contribution < 1.29 is 9.53 Å². The fourth-order valence-corrected chi connectivity index (χ4v) is 3.68. The van der Waals surface area contributed by atoms with Gasteiger partial charge in [0.05, 0.1) is 24.7 Å². The van der Waals surface area contributed by atoms with Crippen molar-refractivity contribution in [3.8, 4) is 17.0 Å². The van der Waals surface area contributed by atoms with Gasteiger partial charge in [0.2, 0.25) is 5.91 Å². The third-order valence-corrected chi connectivity index (χ3v) is 5.14. The predicted molar refractivity (Wildman–Crippen MR) is 110 cm³/mol. The van der Waals surface area contributed by atoms with Crippen LogP contribution >= 0.6 is 11.3 Å². The number of rotatable bonds is 5. The van der Waals surface area contributed by atoms with Crippen LogP contribution in [0.5, 0.6) is 5.75 Å². The molecule has 0 fully saturated rings. The highest BCUT2D eigenvalue weighted by atomic mass is 32.1. The van der Waals surface area contributed by atoms with E-state index in [1.165, 1.54) is 0 Å². The van der Waals surface area contributed by atoms with Crippen molar-refractivity contribution in [2.45, 2.75) is 6.42 Å². The Bertz CT molecular complexity index is 1080. The van der Waals surface area contributed by atoms with E-state index in [1.807, 2.05) is 72.1 Å². The summed E-state index contributed by atoms with van der Waals surface area (Å²) in [5.41, 5.74) is 3.45. The fourth-order valence-electron chi connectivity index (χ4n) is 2.97. The lowest BCUT2D eigenvalue weighted by Crippen LogP contribution is -2.13. The van der Waals surface area contributed by atoms with E-state index in [4.69, 9.17) is 9.72 Å². The van der Waals surface area contributed by atoms with E-state index in [-0.39, 0.29) is 5.91 Å². The highest BCUT2D eigenvalue weighted by Gasteiger charge is 2.11. The Morgan fingerprint density at radius 1 is 1.07 bits per heavy atom. The Hall–Kier alpha value is -3.18. The summed E-state index contributed by atoms with van der Waals surface area (Å²) in [6.45, 7) is 0. The Morgan fingerprint density at radius 3 is 2.67 bits per heavy atom. The first-order valence-corrected chi connectivity index (χ1v) is 9.47. The average molecular weight is 374 g/mol. The van der Waals surface area contributed by atoms with Crippen LogP contribution in [-0.4, -0.2) is 18.0 Å². The van der Waals surface area contributed by atoms with Gasteiger partial charge in [-0.05, 0) is 29.6 Å². The molecular formula is C22H18N2O2S. The number of carbonyl (C=O) groups excluding carboxylic acids is 1. The van der Waals surface area contributed by atoms with Gasteiger partial charge in [0, 0.05) is 27.6 Å². The van der Waals surface area contributed by atoms with Crippen molar-refractivity contribution in [2.75, 3.05) is 12.4 Å². The molecule has 2 aromatic carbocycles. The number of thiophene rings is 1. The molecule has 1 N–H and O–H groups in total. The lowest BCUT2D eigenvalue weighted by atomic mass is 10.1. The number of nitrogens with one attached hydrogen (secondary N) is 1. The molecule has 4 aromatic rings. The molecule has 0 spiro atoms. The fraction of sp³-hybridized carbons (Fsp3) is 0.0909. The number of benzene rings is 2. The van der Waals surface area contributed by atoms with E-state index in [9.17, 15) is 4.79 Å². The molecule has 0 atom stereocenters. The monoisotopic (exact) mass is 374 g/mol. The summed E-state index contributed by atoms with van der Waals surface area (Å²) in [6, 6.07) is 21.5. The zero-order valence-corrected chi connectivity index (χ0v) is 15.6. The SMILES string of the molecule is COc1cc(-c2ccccc2)nc2ccc(NC(=O)Cc3cccs3)cc12. The summed E-state index contributed by atoms with van der Waals surface area (Å²) in [7, 11) is 1.64. The zero-order chi connectivity index (χ0) is 18.6. The smallest absolute Gasteiger partial charge is 0.229 e. The van der Waals surface area contributed by atoms with Crippen molar-refractivity contribution in [1.29, 1.82) is 0 Å². The second-order valence-corrected chi connectivity index (χ2v) is 7.14. The standard InChI is InChI=1S/C22H18N2O2S/c1-26-21-14-20(15-6-3-2-4-7-15)24-19-10-9-16(12-18(19)21)23-22(25)13-17-8-5-11-27-17/h2-12,14H,13H2,1H3,(H,23,25). The molecule has 27 heavy (non-hydrogen) atoms. The van der Waals surface area contributed by atoms with Gasteiger partial charge < -0.3 is 10.1 Å². The van der Waals surface area contributed by atoms with Crippen molar-refractivity contribution in [3.05, 3.63) is 77.0 Å². The minimum Gasteiger partial charge on any atom is -0.496 e. The molecule has 134 valence electrons. The second-order valence-electron chi connectivity index (χ2n) is 6.11. The topological polar surface area (TPSA) is 51.2 Å². The summed E-state index contributed by atoms with van der Waals surface area (Å²) >= 11 is 1.58. The van der Waals surface area contributed by atoms with Crippen LogP contribution in [0.25, 0.3) is 22.2 Å². The lowest BCUT2D eigenvalue weighted by Gasteiger charge is -2.11. The van der Waals surface area contributed by atoms with E-state index in [1.54, 1.807) is 18.4 Å².